The molecule has 2 amide bonds. The van der Waals surface area contributed by atoms with Crippen LogP contribution in [0.2, 0.25) is 0 Å². The highest BCUT2D eigenvalue weighted by Gasteiger charge is 2.58. The van der Waals surface area contributed by atoms with Gasteiger partial charge in [0.25, 0.3) is 0 Å². The van der Waals surface area contributed by atoms with Crippen LogP contribution in [0.25, 0.3) is 5.70 Å². The molecule has 1 atom stereocenters. The molecule has 0 fully saturated rings. The van der Waals surface area contributed by atoms with E-state index in [4.69, 9.17) is 5.14 Å². The molecule has 0 bridgehead atoms. The Bertz CT molecular complexity index is 1100. The number of fused-ring (bicyclic) bond motifs is 1. The zero-order valence-electron chi connectivity index (χ0n) is 13.4. The van der Waals surface area contributed by atoms with Crippen LogP contribution in [0, 0.1) is 5.92 Å². The zero-order valence-corrected chi connectivity index (χ0v) is 14.2. The van der Waals surface area contributed by atoms with Gasteiger partial charge in [0.05, 0.1) is 5.70 Å². The van der Waals surface area contributed by atoms with Gasteiger partial charge in [-0.05, 0) is 21.7 Å². The lowest BCUT2D eigenvalue weighted by atomic mass is 9.92. The molecule has 26 heavy (non-hydrogen) atoms. The Labute approximate surface area is 149 Å². The summed E-state index contributed by atoms with van der Waals surface area (Å²) in [5.74, 6) is -2.30. The number of nitrogens with zero attached hydrogens (tertiary/aromatic N) is 1. The molecule has 0 spiro atoms. The fourth-order valence-electron chi connectivity index (χ4n) is 3.34. The molecule has 7 nitrogen and oxygen atoms in total. The molecule has 130 valence electrons. The van der Waals surface area contributed by atoms with E-state index in [1.165, 1.54) is 0 Å². The fraction of sp³-hybridized carbons (Fsp3) is 0.0556. The van der Waals surface area contributed by atoms with Crippen LogP contribution in [0.5, 0.6) is 0 Å². The minimum atomic E-state index is -4.39. The Kier molecular flexibility index (Phi) is 3.60. The second kappa shape index (κ2) is 5.72. The maximum atomic E-state index is 12.9. The standard InChI is InChI=1S/C18H13N3O4S/c19-26(24,25)21-16(12-9-5-2-6-10-12)14-13(18(21)23)15(20-17(14)22)11-7-3-1-4-8-11/h1-10,14H,(H2-,19,20,22,23,24,25)/p+1. The average molecular weight is 368 g/mol. The Morgan fingerprint density at radius 3 is 1.96 bits per heavy atom. The van der Waals surface area contributed by atoms with Crippen LogP contribution < -0.4 is 10.5 Å². The van der Waals surface area contributed by atoms with Crippen molar-refractivity contribution in [2.75, 3.05) is 0 Å². The van der Waals surface area contributed by atoms with E-state index in [1.807, 2.05) is 0 Å². The monoisotopic (exact) mass is 368 g/mol. The smallest absolute Gasteiger partial charge is 0.324 e. The number of hydrogen-bond donors (Lipinski definition) is 2. The molecule has 0 saturated carbocycles. The van der Waals surface area contributed by atoms with E-state index in [0.29, 0.717) is 20.8 Å². The summed E-state index contributed by atoms with van der Waals surface area (Å²) in [6.07, 6.45) is 0. The molecule has 0 aliphatic carbocycles. The van der Waals surface area contributed by atoms with Gasteiger partial charge in [-0.15, -0.1) is 8.42 Å². The summed E-state index contributed by atoms with van der Waals surface area (Å²) >= 11 is 0. The molecule has 2 aliphatic rings. The molecule has 0 saturated heterocycles. The summed E-state index contributed by atoms with van der Waals surface area (Å²) in [7, 11) is -4.39. The van der Waals surface area contributed by atoms with Crippen molar-refractivity contribution in [3.8, 4) is 0 Å². The van der Waals surface area contributed by atoms with Crippen molar-refractivity contribution in [1.82, 2.24) is 5.32 Å². The van der Waals surface area contributed by atoms with Crippen molar-refractivity contribution in [3.05, 3.63) is 77.4 Å². The number of hydrogen-bond acceptors (Lipinski definition) is 4. The van der Waals surface area contributed by atoms with E-state index in [2.05, 4.69) is 5.32 Å². The fourth-order valence-corrected chi connectivity index (χ4v) is 4.16. The van der Waals surface area contributed by atoms with Crippen molar-refractivity contribution in [1.29, 1.82) is 0 Å². The van der Waals surface area contributed by atoms with Gasteiger partial charge in [0.2, 0.25) is 11.6 Å². The molecular formula is C18H14N3O4S+. The van der Waals surface area contributed by atoms with Crippen LogP contribution in [0.4, 0.5) is 0 Å². The van der Waals surface area contributed by atoms with Gasteiger partial charge < -0.3 is 5.32 Å². The van der Waals surface area contributed by atoms with Gasteiger partial charge in [-0.3, -0.25) is 4.79 Å². The third-order valence-electron chi connectivity index (χ3n) is 4.36. The average Bonchev–Trinajstić information content (AvgIpc) is 3.12. The SMILES string of the molecule is NS(=O)(=O)[N+]1=C(c2ccccc2)C2C(=O)NC(c3ccccc3)=C2C1=O. The van der Waals surface area contributed by atoms with Crippen LogP contribution in [-0.2, 0) is 19.8 Å². The number of benzene rings is 2. The van der Waals surface area contributed by atoms with E-state index in [-0.39, 0.29) is 11.3 Å². The molecule has 2 aliphatic heterocycles. The van der Waals surface area contributed by atoms with E-state index in [1.54, 1.807) is 60.7 Å². The third-order valence-corrected chi connectivity index (χ3v) is 5.23. The molecule has 8 heteroatoms. The van der Waals surface area contributed by atoms with Gasteiger partial charge in [0.15, 0.2) is 5.92 Å². The minimum Gasteiger partial charge on any atom is -0.324 e. The summed E-state index contributed by atoms with van der Waals surface area (Å²) in [6, 6.07) is 17.2. The normalized spacial score (nSPS) is 19.8. The topological polar surface area (TPSA) is 109 Å². The highest BCUT2D eigenvalue weighted by molar-refractivity contribution is 7.83. The number of carbonyl (C=O) groups excluding carboxylic acids is 2. The van der Waals surface area contributed by atoms with Crippen molar-refractivity contribution in [2.24, 2.45) is 11.1 Å². The van der Waals surface area contributed by atoms with E-state index >= 15 is 0 Å². The van der Waals surface area contributed by atoms with Crippen molar-refractivity contribution in [2.45, 2.75) is 0 Å². The Morgan fingerprint density at radius 1 is 0.885 bits per heavy atom. The first-order chi connectivity index (χ1) is 12.4. The van der Waals surface area contributed by atoms with E-state index < -0.39 is 27.9 Å². The third kappa shape index (κ3) is 2.39. The predicted octanol–water partition coefficient (Wildman–Crippen LogP) is 0.389. The lowest BCUT2D eigenvalue weighted by molar-refractivity contribution is -0.296. The number of amides is 2. The van der Waals surface area contributed by atoms with Crippen molar-refractivity contribution >= 4 is 33.4 Å². The molecular weight excluding hydrogens is 354 g/mol. The van der Waals surface area contributed by atoms with Crippen LogP contribution >= 0.6 is 0 Å². The number of nitrogens with one attached hydrogen (secondary N) is 1. The molecule has 2 aromatic rings. The van der Waals surface area contributed by atoms with Crippen molar-refractivity contribution < 1.29 is 22.0 Å². The first-order valence-corrected chi connectivity index (χ1v) is 9.30. The Hall–Kier alpha value is -3.10. The molecule has 3 N–H and O–H groups in total. The lowest BCUT2D eigenvalue weighted by Crippen LogP contribution is -2.37. The molecule has 0 radical (unpaired) electrons. The van der Waals surface area contributed by atoms with Crippen LogP contribution in [0.3, 0.4) is 0 Å². The van der Waals surface area contributed by atoms with Gasteiger partial charge in [0, 0.05) is 5.56 Å². The second-order valence-corrected chi connectivity index (χ2v) is 7.34. The van der Waals surface area contributed by atoms with Gasteiger partial charge in [-0.1, -0.05) is 48.5 Å². The maximum absolute atomic E-state index is 12.9. The highest BCUT2D eigenvalue weighted by atomic mass is 32.2. The minimum absolute atomic E-state index is 0.0523. The van der Waals surface area contributed by atoms with Gasteiger partial charge >= 0.3 is 16.1 Å². The van der Waals surface area contributed by atoms with Crippen LogP contribution in [0.1, 0.15) is 11.1 Å². The van der Waals surface area contributed by atoms with E-state index in [0.717, 1.165) is 0 Å². The van der Waals surface area contributed by atoms with Gasteiger partial charge in [-0.25, -0.2) is 4.79 Å². The molecule has 4 rings (SSSR count). The summed E-state index contributed by atoms with van der Waals surface area (Å²) in [4.78, 5) is 25.6. The summed E-state index contributed by atoms with van der Waals surface area (Å²) in [5, 5.41) is 8.00. The second-order valence-electron chi connectivity index (χ2n) is 5.94. The molecule has 0 aromatic heterocycles. The molecule has 2 aromatic carbocycles. The summed E-state index contributed by atoms with van der Waals surface area (Å²) < 4.78 is 24.8. The van der Waals surface area contributed by atoms with Crippen LogP contribution in [-0.4, -0.2) is 29.9 Å². The quantitative estimate of drug-likeness (QED) is 0.764. The highest BCUT2D eigenvalue weighted by Crippen LogP contribution is 2.36. The maximum Gasteiger partial charge on any atom is 0.445 e. The number of rotatable bonds is 3. The van der Waals surface area contributed by atoms with Gasteiger partial charge in [-0.2, -0.15) is 5.14 Å². The number of nitrogens with two attached hydrogens (primary N) is 1. The Morgan fingerprint density at radius 2 is 1.42 bits per heavy atom. The van der Waals surface area contributed by atoms with E-state index in [9.17, 15) is 18.0 Å². The summed E-state index contributed by atoms with van der Waals surface area (Å²) in [5.41, 5.74) is 1.52. The van der Waals surface area contributed by atoms with Gasteiger partial charge in [0.1, 0.15) is 5.57 Å². The first-order valence-electron chi connectivity index (χ1n) is 7.79. The zero-order chi connectivity index (χ0) is 18.5. The first kappa shape index (κ1) is 16.4. The predicted molar refractivity (Wildman–Crippen MR) is 93.9 cm³/mol. The largest absolute Gasteiger partial charge is 0.445 e. The summed E-state index contributed by atoms with van der Waals surface area (Å²) in [6.45, 7) is 0. The lowest BCUT2D eigenvalue weighted by Gasteiger charge is -2.05. The number of carbonyl (C=O) groups is 2. The molecule has 2 heterocycles. The molecule has 1 unspecified atom stereocenters. The van der Waals surface area contributed by atoms with Crippen molar-refractivity contribution in [3.63, 3.8) is 0 Å². The Balaban J connectivity index is 2.01. The van der Waals surface area contributed by atoms with Crippen LogP contribution in [0.15, 0.2) is 66.2 Å².